The second-order valence-corrected chi connectivity index (χ2v) is 5.07. The van der Waals surface area contributed by atoms with Crippen molar-refractivity contribution in [1.82, 2.24) is 10.6 Å². The third-order valence-corrected chi connectivity index (χ3v) is 3.88. The fraction of sp³-hybridized carbons (Fsp3) is 0.462. The van der Waals surface area contributed by atoms with Crippen molar-refractivity contribution >= 4 is 5.91 Å². The Balaban J connectivity index is 1.74. The summed E-state index contributed by atoms with van der Waals surface area (Å²) in [4.78, 5) is 11.9. The van der Waals surface area contributed by atoms with Gasteiger partial charge in [0.05, 0.1) is 5.56 Å². The first-order valence-corrected chi connectivity index (χ1v) is 6.05. The van der Waals surface area contributed by atoms with E-state index in [0.29, 0.717) is 11.8 Å². The summed E-state index contributed by atoms with van der Waals surface area (Å²) in [6.07, 6.45) is 0. The van der Waals surface area contributed by atoms with Crippen LogP contribution in [0.15, 0.2) is 12.1 Å². The van der Waals surface area contributed by atoms with Gasteiger partial charge in [-0.3, -0.25) is 4.79 Å². The summed E-state index contributed by atoms with van der Waals surface area (Å²) in [5.41, 5.74) is 0.200. The molecule has 0 radical (unpaired) electrons. The molecule has 2 N–H and O–H groups in total. The Morgan fingerprint density at radius 2 is 1.94 bits per heavy atom. The largest absolute Gasteiger partial charge is 0.349 e. The van der Waals surface area contributed by atoms with Crippen molar-refractivity contribution in [2.45, 2.75) is 13.0 Å². The van der Waals surface area contributed by atoms with E-state index in [1.54, 1.807) is 0 Å². The monoisotopic (exact) mass is 252 g/mol. The van der Waals surface area contributed by atoms with Gasteiger partial charge < -0.3 is 10.6 Å². The van der Waals surface area contributed by atoms with Gasteiger partial charge in [-0.15, -0.1) is 0 Å². The first kappa shape index (κ1) is 11.6. The van der Waals surface area contributed by atoms with Gasteiger partial charge >= 0.3 is 0 Å². The van der Waals surface area contributed by atoms with Crippen molar-refractivity contribution in [3.63, 3.8) is 0 Å². The van der Waals surface area contributed by atoms with Gasteiger partial charge in [0, 0.05) is 25.2 Å². The molecule has 96 valence electrons. The number of aryl methyl sites for hydroxylation is 1. The van der Waals surface area contributed by atoms with Crippen LogP contribution >= 0.6 is 0 Å². The molecular formula is C13H14F2N2O. The van der Waals surface area contributed by atoms with E-state index in [-0.39, 0.29) is 17.2 Å². The number of fused-ring (bicyclic) bond motifs is 1. The van der Waals surface area contributed by atoms with E-state index in [0.717, 1.165) is 19.2 Å². The summed E-state index contributed by atoms with van der Waals surface area (Å²) in [6, 6.07) is 2.17. The van der Waals surface area contributed by atoms with E-state index in [1.165, 1.54) is 13.0 Å². The number of benzene rings is 1. The lowest BCUT2D eigenvalue weighted by atomic mass is 10.1. The van der Waals surface area contributed by atoms with Crippen molar-refractivity contribution in [2.75, 3.05) is 13.1 Å². The highest BCUT2D eigenvalue weighted by molar-refractivity contribution is 5.95. The van der Waals surface area contributed by atoms with Crippen LogP contribution in [0.3, 0.4) is 0 Å². The van der Waals surface area contributed by atoms with Crippen LogP contribution < -0.4 is 10.6 Å². The van der Waals surface area contributed by atoms with Crippen LogP contribution in [0.25, 0.3) is 0 Å². The summed E-state index contributed by atoms with van der Waals surface area (Å²) >= 11 is 0. The van der Waals surface area contributed by atoms with E-state index in [1.807, 2.05) is 0 Å². The molecule has 1 aliphatic carbocycles. The van der Waals surface area contributed by atoms with Crippen LogP contribution in [0.1, 0.15) is 15.9 Å². The molecule has 0 spiro atoms. The molecule has 1 aromatic rings. The van der Waals surface area contributed by atoms with Crippen LogP contribution in [0.2, 0.25) is 0 Å². The smallest absolute Gasteiger partial charge is 0.254 e. The molecule has 2 aliphatic rings. The molecule has 0 bridgehead atoms. The molecule has 18 heavy (non-hydrogen) atoms. The highest BCUT2D eigenvalue weighted by Crippen LogP contribution is 2.41. The van der Waals surface area contributed by atoms with Crippen molar-refractivity contribution in [3.8, 4) is 0 Å². The number of halogens is 2. The molecule has 1 aromatic carbocycles. The summed E-state index contributed by atoms with van der Waals surface area (Å²) in [5.74, 6) is -0.941. The van der Waals surface area contributed by atoms with Crippen LogP contribution in [0, 0.1) is 30.4 Å². The lowest BCUT2D eigenvalue weighted by Crippen LogP contribution is -2.33. The van der Waals surface area contributed by atoms with Gasteiger partial charge in [0.2, 0.25) is 0 Å². The van der Waals surface area contributed by atoms with Gasteiger partial charge in [-0.05, 0) is 30.4 Å². The van der Waals surface area contributed by atoms with Gasteiger partial charge in [-0.1, -0.05) is 0 Å². The number of piperidine rings is 1. The second-order valence-electron chi connectivity index (χ2n) is 5.07. The Labute approximate surface area is 104 Å². The number of amides is 1. The topological polar surface area (TPSA) is 41.1 Å². The third kappa shape index (κ3) is 1.79. The average molecular weight is 252 g/mol. The van der Waals surface area contributed by atoms with Gasteiger partial charge in [0.15, 0.2) is 0 Å². The predicted molar refractivity (Wildman–Crippen MR) is 62.2 cm³/mol. The molecule has 2 atom stereocenters. The fourth-order valence-corrected chi connectivity index (χ4v) is 2.69. The highest BCUT2D eigenvalue weighted by atomic mass is 19.1. The molecule has 1 aliphatic heterocycles. The number of rotatable bonds is 2. The van der Waals surface area contributed by atoms with Crippen LogP contribution in [-0.2, 0) is 0 Å². The number of nitrogens with one attached hydrogen (secondary N) is 2. The van der Waals surface area contributed by atoms with Crippen molar-refractivity contribution in [3.05, 3.63) is 34.9 Å². The Morgan fingerprint density at radius 3 is 2.61 bits per heavy atom. The number of hydrogen-bond donors (Lipinski definition) is 2. The van der Waals surface area contributed by atoms with E-state index in [9.17, 15) is 13.6 Å². The molecule has 1 saturated heterocycles. The molecular weight excluding hydrogens is 238 g/mol. The molecule has 1 heterocycles. The molecule has 3 rings (SSSR count). The molecule has 3 nitrogen and oxygen atoms in total. The SMILES string of the molecule is Cc1cc(C(=O)NC2C3CNCC32)c(F)cc1F. The van der Waals surface area contributed by atoms with Crippen molar-refractivity contribution in [1.29, 1.82) is 0 Å². The van der Waals surface area contributed by atoms with E-state index in [4.69, 9.17) is 0 Å². The van der Waals surface area contributed by atoms with Crippen molar-refractivity contribution in [2.24, 2.45) is 11.8 Å². The zero-order valence-corrected chi connectivity index (χ0v) is 9.97. The van der Waals surface area contributed by atoms with Crippen LogP contribution in [-0.4, -0.2) is 25.0 Å². The quantitative estimate of drug-likeness (QED) is 0.831. The Kier molecular flexibility index (Phi) is 2.59. The molecule has 5 heteroatoms. The minimum absolute atomic E-state index is 0.0770. The first-order chi connectivity index (χ1) is 8.58. The summed E-state index contributed by atoms with van der Waals surface area (Å²) in [6.45, 7) is 3.32. The zero-order valence-electron chi connectivity index (χ0n) is 9.97. The Hall–Kier alpha value is -1.49. The standard InChI is InChI=1S/C13H14F2N2O/c1-6-2-7(11(15)3-10(6)14)13(18)17-12-8-4-16-5-9(8)12/h2-3,8-9,12,16H,4-5H2,1H3,(H,17,18). The summed E-state index contributed by atoms with van der Waals surface area (Å²) in [7, 11) is 0. The van der Waals surface area contributed by atoms with E-state index in [2.05, 4.69) is 10.6 Å². The lowest BCUT2D eigenvalue weighted by Gasteiger charge is -2.09. The summed E-state index contributed by atoms with van der Waals surface area (Å²) < 4.78 is 26.6. The first-order valence-electron chi connectivity index (χ1n) is 6.05. The van der Waals surface area contributed by atoms with Crippen molar-refractivity contribution < 1.29 is 13.6 Å². The number of hydrogen-bond acceptors (Lipinski definition) is 2. The fourth-order valence-electron chi connectivity index (χ4n) is 2.69. The average Bonchev–Trinajstić information content (AvgIpc) is 2.75. The van der Waals surface area contributed by atoms with E-state index >= 15 is 0 Å². The second kappa shape index (κ2) is 4.02. The Bertz CT molecular complexity index is 508. The van der Waals surface area contributed by atoms with Gasteiger partial charge in [0.1, 0.15) is 11.6 Å². The Morgan fingerprint density at radius 1 is 1.28 bits per heavy atom. The van der Waals surface area contributed by atoms with Gasteiger partial charge in [-0.2, -0.15) is 0 Å². The highest BCUT2D eigenvalue weighted by Gasteiger charge is 2.53. The molecule has 2 unspecified atom stereocenters. The van der Waals surface area contributed by atoms with Crippen LogP contribution in [0.5, 0.6) is 0 Å². The maximum absolute atomic E-state index is 13.5. The maximum atomic E-state index is 13.5. The van der Waals surface area contributed by atoms with Gasteiger partial charge in [0.25, 0.3) is 5.91 Å². The number of carbonyl (C=O) groups excluding carboxylic acids is 1. The molecule has 2 fully saturated rings. The maximum Gasteiger partial charge on any atom is 0.254 e. The molecule has 0 aromatic heterocycles. The number of carbonyl (C=O) groups is 1. The molecule has 1 amide bonds. The predicted octanol–water partition coefficient (Wildman–Crippen LogP) is 1.22. The van der Waals surface area contributed by atoms with Crippen LogP contribution in [0.4, 0.5) is 8.78 Å². The minimum atomic E-state index is -0.806. The zero-order chi connectivity index (χ0) is 12.9. The third-order valence-electron chi connectivity index (χ3n) is 3.88. The normalized spacial score (nSPS) is 28.9. The molecule has 1 saturated carbocycles. The van der Waals surface area contributed by atoms with Gasteiger partial charge in [-0.25, -0.2) is 8.78 Å². The summed E-state index contributed by atoms with van der Waals surface area (Å²) in [5, 5.41) is 6.04. The van der Waals surface area contributed by atoms with E-state index < -0.39 is 17.5 Å². The minimum Gasteiger partial charge on any atom is -0.349 e. The lowest BCUT2D eigenvalue weighted by molar-refractivity contribution is 0.0942.